The van der Waals surface area contributed by atoms with Crippen molar-refractivity contribution in [1.29, 1.82) is 0 Å². The molecule has 0 radical (unpaired) electrons. The zero-order valence-corrected chi connectivity index (χ0v) is 9.84. The lowest BCUT2D eigenvalue weighted by molar-refractivity contribution is 0.137. The molecule has 0 aliphatic carbocycles. The average Bonchev–Trinajstić information content (AvgIpc) is 2.17. The summed E-state index contributed by atoms with van der Waals surface area (Å²) in [7, 11) is 0. The summed E-state index contributed by atoms with van der Waals surface area (Å²) in [5.41, 5.74) is 5.81. The van der Waals surface area contributed by atoms with Crippen LogP contribution in [0.2, 0.25) is 0 Å². The maximum atomic E-state index is 5.81. The minimum atomic E-state index is 0.375. The van der Waals surface area contributed by atoms with Crippen LogP contribution in [-0.2, 0) is 0 Å². The van der Waals surface area contributed by atoms with Crippen LogP contribution in [0.4, 0.5) is 0 Å². The molecule has 2 atom stereocenters. The van der Waals surface area contributed by atoms with Gasteiger partial charge in [-0.3, -0.25) is 0 Å². The molecule has 0 aromatic rings. The molecule has 0 aromatic heterocycles. The molecule has 14 heavy (non-hydrogen) atoms. The van der Waals surface area contributed by atoms with Gasteiger partial charge in [-0.2, -0.15) is 0 Å². The third-order valence-corrected chi connectivity index (χ3v) is 3.22. The Labute approximate surface area is 88.8 Å². The van der Waals surface area contributed by atoms with Crippen molar-refractivity contribution in [3.05, 3.63) is 0 Å². The largest absolute Gasteiger partial charge is 0.328 e. The van der Waals surface area contributed by atoms with E-state index in [1.54, 1.807) is 0 Å². The van der Waals surface area contributed by atoms with Crippen molar-refractivity contribution in [2.75, 3.05) is 13.1 Å². The highest BCUT2D eigenvalue weighted by Gasteiger charge is 2.21. The van der Waals surface area contributed by atoms with Crippen LogP contribution in [0.3, 0.4) is 0 Å². The van der Waals surface area contributed by atoms with Gasteiger partial charge in [-0.15, -0.1) is 0 Å². The summed E-state index contributed by atoms with van der Waals surface area (Å²) >= 11 is 0. The van der Waals surface area contributed by atoms with Gasteiger partial charge in [0, 0.05) is 12.1 Å². The third kappa shape index (κ3) is 3.97. The lowest BCUT2D eigenvalue weighted by Gasteiger charge is -2.36. The molecule has 1 rings (SSSR count). The number of nitrogens with two attached hydrogens (primary N) is 1. The van der Waals surface area contributed by atoms with Crippen molar-refractivity contribution < 1.29 is 0 Å². The molecular weight excluding hydrogens is 172 g/mol. The summed E-state index contributed by atoms with van der Waals surface area (Å²) in [4.78, 5) is 2.67. The number of likely N-dealkylation sites (tertiary alicyclic amines) is 1. The molecule has 0 aromatic carbocycles. The zero-order valence-electron chi connectivity index (χ0n) is 9.84. The summed E-state index contributed by atoms with van der Waals surface area (Å²) in [5.74, 6) is 0. The quantitative estimate of drug-likeness (QED) is 0.735. The van der Waals surface area contributed by atoms with Gasteiger partial charge >= 0.3 is 0 Å². The molecule has 1 heterocycles. The second-order valence-corrected chi connectivity index (χ2v) is 4.74. The lowest BCUT2D eigenvalue weighted by Crippen LogP contribution is -2.40. The summed E-state index contributed by atoms with van der Waals surface area (Å²) in [6.45, 7) is 6.99. The molecule has 0 spiro atoms. The van der Waals surface area contributed by atoms with Crippen molar-refractivity contribution >= 4 is 0 Å². The molecule has 1 aliphatic heterocycles. The second kappa shape index (κ2) is 6.41. The predicted octanol–water partition coefficient (Wildman–Crippen LogP) is 2.38. The summed E-state index contributed by atoms with van der Waals surface area (Å²) in [5, 5.41) is 0. The van der Waals surface area contributed by atoms with Crippen LogP contribution in [0.5, 0.6) is 0 Å². The highest BCUT2D eigenvalue weighted by atomic mass is 15.2. The van der Waals surface area contributed by atoms with E-state index < -0.39 is 0 Å². The Bertz CT molecular complexity index is 143. The number of hydrogen-bond acceptors (Lipinski definition) is 2. The fraction of sp³-hybridized carbons (Fsp3) is 1.00. The van der Waals surface area contributed by atoms with E-state index in [1.165, 1.54) is 51.6 Å². The van der Waals surface area contributed by atoms with E-state index in [2.05, 4.69) is 18.7 Å². The molecular formula is C12H26N2. The minimum absolute atomic E-state index is 0.375. The van der Waals surface area contributed by atoms with Gasteiger partial charge in [-0.05, 0) is 52.1 Å². The van der Waals surface area contributed by atoms with E-state index in [1.807, 2.05) is 0 Å². The maximum absolute atomic E-state index is 5.81. The van der Waals surface area contributed by atoms with Gasteiger partial charge in [0.1, 0.15) is 0 Å². The Kier molecular flexibility index (Phi) is 5.49. The van der Waals surface area contributed by atoms with Crippen molar-refractivity contribution in [2.24, 2.45) is 5.73 Å². The van der Waals surface area contributed by atoms with Crippen LogP contribution >= 0.6 is 0 Å². The van der Waals surface area contributed by atoms with Gasteiger partial charge in [0.2, 0.25) is 0 Å². The van der Waals surface area contributed by atoms with Gasteiger partial charge in [0.15, 0.2) is 0 Å². The maximum Gasteiger partial charge on any atom is 0.00958 e. The van der Waals surface area contributed by atoms with Crippen molar-refractivity contribution in [3.63, 3.8) is 0 Å². The Morgan fingerprint density at radius 3 is 2.86 bits per heavy atom. The molecule has 1 saturated heterocycles. The SMILES string of the molecule is CCCN1CCCCC1CCC(C)N. The van der Waals surface area contributed by atoms with Crippen LogP contribution < -0.4 is 5.73 Å². The fourth-order valence-corrected chi connectivity index (χ4v) is 2.42. The molecule has 2 N–H and O–H groups in total. The Morgan fingerprint density at radius 2 is 2.21 bits per heavy atom. The van der Waals surface area contributed by atoms with E-state index in [9.17, 15) is 0 Å². The Balaban J connectivity index is 2.30. The Hall–Kier alpha value is -0.0800. The molecule has 0 amide bonds. The summed E-state index contributed by atoms with van der Waals surface area (Å²) in [6, 6.07) is 1.20. The van der Waals surface area contributed by atoms with Crippen LogP contribution in [0.15, 0.2) is 0 Å². The number of nitrogens with zero attached hydrogens (tertiary/aromatic N) is 1. The first-order valence-electron chi connectivity index (χ1n) is 6.23. The monoisotopic (exact) mass is 198 g/mol. The first-order valence-corrected chi connectivity index (χ1v) is 6.23. The number of hydrogen-bond donors (Lipinski definition) is 1. The number of rotatable bonds is 5. The average molecular weight is 198 g/mol. The molecule has 1 aliphatic rings. The molecule has 84 valence electrons. The first-order chi connectivity index (χ1) is 6.74. The summed E-state index contributed by atoms with van der Waals surface area (Å²) < 4.78 is 0. The van der Waals surface area contributed by atoms with Crippen LogP contribution in [-0.4, -0.2) is 30.1 Å². The molecule has 0 saturated carbocycles. The smallest absolute Gasteiger partial charge is 0.00958 e. The fourth-order valence-electron chi connectivity index (χ4n) is 2.42. The molecule has 1 fully saturated rings. The molecule has 2 nitrogen and oxygen atoms in total. The lowest BCUT2D eigenvalue weighted by atomic mass is 9.96. The molecule has 0 bridgehead atoms. The topological polar surface area (TPSA) is 29.3 Å². The standard InChI is InChI=1S/C12H26N2/c1-3-9-14-10-5-4-6-12(14)8-7-11(2)13/h11-12H,3-10,13H2,1-2H3. The van der Waals surface area contributed by atoms with E-state index in [0.717, 1.165) is 6.04 Å². The normalized spacial score (nSPS) is 26.4. The highest BCUT2D eigenvalue weighted by molar-refractivity contribution is 4.77. The predicted molar refractivity (Wildman–Crippen MR) is 62.4 cm³/mol. The molecule has 2 unspecified atom stereocenters. The van der Waals surface area contributed by atoms with E-state index >= 15 is 0 Å². The van der Waals surface area contributed by atoms with Crippen molar-refractivity contribution in [1.82, 2.24) is 4.90 Å². The third-order valence-electron chi connectivity index (χ3n) is 3.22. The van der Waals surface area contributed by atoms with Crippen LogP contribution in [0, 0.1) is 0 Å². The first kappa shape index (κ1) is 12.0. The van der Waals surface area contributed by atoms with Gasteiger partial charge in [0.25, 0.3) is 0 Å². The van der Waals surface area contributed by atoms with E-state index in [0.29, 0.717) is 6.04 Å². The Morgan fingerprint density at radius 1 is 1.43 bits per heavy atom. The van der Waals surface area contributed by atoms with E-state index in [4.69, 9.17) is 5.73 Å². The van der Waals surface area contributed by atoms with Crippen LogP contribution in [0.25, 0.3) is 0 Å². The van der Waals surface area contributed by atoms with Crippen molar-refractivity contribution in [3.8, 4) is 0 Å². The minimum Gasteiger partial charge on any atom is -0.328 e. The van der Waals surface area contributed by atoms with E-state index in [-0.39, 0.29) is 0 Å². The highest BCUT2D eigenvalue weighted by Crippen LogP contribution is 2.21. The van der Waals surface area contributed by atoms with Crippen molar-refractivity contribution in [2.45, 2.75) is 64.5 Å². The van der Waals surface area contributed by atoms with Gasteiger partial charge in [-0.25, -0.2) is 0 Å². The molecule has 2 heteroatoms. The van der Waals surface area contributed by atoms with Gasteiger partial charge in [0.05, 0.1) is 0 Å². The summed E-state index contributed by atoms with van der Waals surface area (Å²) in [6.07, 6.45) is 7.99. The zero-order chi connectivity index (χ0) is 10.4. The second-order valence-electron chi connectivity index (χ2n) is 4.74. The van der Waals surface area contributed by atoms with Gasteiger partial charge in [-0.1, -0.05) is 13.3 Å². The van der Waals surface area contributed by atoms with Crippen LogP contribution in [0.1, 0.15) is 52.4 Å². The van der Waals surface area contributed by atoms with Gasteiger partial charge < -0.3 is 10.6 Å². The number of piperidine rings is 1.